The van der Waals surface area contributed by atoms with Crippen molar-refractivity contribution in [1.82, 2.24) is 9.97 Å². The second kappa shape index (κ2) is 18.2. The van der Waals surface area contributed by atoms with Crippen molar-refractivity contribution < 1.29 is 35.4 Å². The second-order valence-corrected chi connectivity index (χ2v) is 16.8. The molecule has 9 N–H and O–H groups in total. The number of pyridine rings is 1. The highest BCUT2D eigenvalue weighted by molar-refractivity contribution is 5.70. The number of H-pyrrole nitrogens is 1. The SMILES string of the molecule is CCCCC[C@@H]1C=C[C@@H](CCCCC[C@H](C(=O)O)[C@H](O)[C@@H]2C=C[C@H]3[C@@H](Cc4ccnc(N)c4)C[C@@H](Cc4ccc(-c5cc(O)cc(O)c5)[nH]4)[C@@]3(O)C2)[C@H](O)C1. The van der Waals surface area contributed by atoms with Crippen LogP contribution in [-0.4, -0.2) is 64.4 Å². The lowest BCUT2D eigenvalue weighted by atomic mass is 9.68. The van der Waals surface area contributed by atoms with Gasteiger partial charge in [-0.3, -0.25) is 4.79 Å². The molecular weight excluding hydrogens is 695 g/mol. The number of hydrogen-bond donors (Lipinski definition) is 8. The first-order chi connectivity index (χ1) is 26.4. The Morgan fingerprint density at radius 3 is 2.45 bits per heavy atom. The molecule has 3 aliphatic rings. The van der Waals surface area contributed by atoms with Gasteiger partial charge in [-0.1, -0.05) is 69.8 Å². The van der Waals surface area contributed by atoms with E-state index in [1.54, 1.807) is 18.3 Å². The fourth-order valence-corrected chi connectivity index (χ4v) is 9.91. The number of aromatic hydroxyl groups is 2. The number of nitrogen functional groups attached to an aromatic ring is 1. The molecule has 3 aliphatic carbocycles. The highest BCUT2D eigenvalue weighted by Crippen LogP contribution is 2.54. The van der Waals surface area contributed by atoms with Crippen molar-refractivity contribution in [2.45, 2.75) is 115 Å². The Morgan fingerprint density at radius 1 is 0.945 bits per heavy atom. The normalized spacial score (nSPS) is 28.5. The molecule has 298 valence electrons. The van der Waals surface area contributed by atoms with E-state index in [1.165, 1.54) is 25.3 Å². The maximum atomic E-state index is 12.7. The third-order valence-corrected chi connectivity index (χ3v) is 12.8. The summed E-state index contributed by atoms with van der Waals surface area (Å²) in [7, 11) is 0. The average Bonchev–Trinajstić information content (AvgIpc) is 3.71. The Labute approximate surface area is 325 Å². The Bertz CT molecular complexity index is 1770. The zero-order chi connectivity index (χ0) is 39.1. The van der Waals surface area contributed by atoms with Gasteiger partial charge in [-0.25, -0.2) is 4.98 Å². The number of carboxylic acid groups (broad SMARTS) is 1. The van der Waals surface area contributed by atoms with Gasteiger partial charge in [0.15, 0.2) is 0 Å². The molecule has 0 aliphatic heterocycles. The van der Waals surface area contributed by atoms with Crippen LogP contribution in [0.1, 0.15) is 95.2 Å². The monoisotopic (exact) mass is 755 g/mol. The van der Waals surface area contributed by atoms with Crippen LogP contribution >= 0.6 is 0 Å². The highest BCUT2D eigenvalue weighted by atomic mass is 16.4. The molecule has 2 aromatic heterocycles. The first-order valence-electron chi connectivity index (χ1n) is 20.5. The van der Waals surface area contributed by atoms with Crippen molar-refractivity contribution >= 4 is 11.8 Å². The summed E-state index contributed by atoms with van der Waals surface area (Å²) in [4.78, 5) is 20.1. The largest absolute Gasteiger partial charge is 0.508 e. The Kier molecular flexibility index (Phi) is 13.4. The summed E-state index contributed by atoms with van der Waals surface area (Å²) in [6.07, 6.45) is 20.0. The number of phenolic OH excluding ortho intramolecular Hbond substituents is 2. The van der Waals surface area contributed by atoms with Crippen LogP contribution in [0.25, 0.3) is 11.3 Å². The summed E-state index contributed by atoms with van der Waals surface area (Å²) >= 11 is 0. The number of carboxylic acids is 1. The van der Waals surface area contributed by atoms with E-state index in [-0.39, 0.29) is 47.7 Å². The summed E-state index contributed by atoms with van der Waals surface area (Å²) < 4.78 is 0. The van der Waals surface area contributed by atoms with Crippen molar-refractivity contribution in [2.24, 2.45) is 41.4 Å². The van der Waals surface area contributed by atoms with Crippen LogP contribution in [0.2, 0.25) is 0 Å². The van der Waals surface area contributed by atoms with Crippen LogP contribution < -0.4 is 5.73 Å². The lowest BCUT2D eigenvalue weighted by Gasteiger charge is -2.42. The van der Waals surface area contributed by atoms with Crippen molar-refractivity contribution in [3.63, 3.8) is 0 Å². The summed E-state index contributed by atoms with van der Waals surface area (Å²) in [6.45, 7) is 2.20. The number of aliphatic hydroxyl groups is 3. The number of nitrogens with one attached hydrogen (secondary N) is 1. The van der Waals surface area contributed by atoms with Crippen LogP contribution in [0.3, 0.4) is 0 Å². The molecule has 6 rings (SSSR count). The Hall–Kier alpha value is -4.12. The minimum Gasteiger partial charge on any atom is -0.508 e. The molecule has 1 saturated carbocycles. The molecule has 10 nitrogen and oxygen atoms in total. The van der Waals surface area contributed by atoms with E-state index >= 15 is 0 Å². The number of anilines is 1. The number of benzene rings is 1. The zero-order valence-corrected chi connectivity index (χ0v) is 32.1. The number of aromatic amines is 1. The summed E-state index contributed by atoms with van der Waals surface area (Å²) in [5.74, 6) is -1.86. The van der Waals surface area contributed by atoms with Gasteiger partial charge in [0.25, 0.3) is 0 Å². The molecule has 1 fully saturated rings. The van der Waals surface area contributed by atoms with Crippen molar-refractivity contribution in [3.8, 4) is 22.8 Å². The van der Waals surface area contributed by atoms with E-state index in [4.69, 9.17) is 5.73 Å². The van der Waals surface area contributed by atoms with E-state index in [9.17, 15) is 35.4 Å². The maximum absolute atomic E-state index is 12.7. The molecule has 2 heterocycles. The van der Waals surface area contributed by atoms with Gasteiger partial charge in [0.1, 0.15) is 17.3 Å². The van der Waals surface area contributed by atoms with Crippen LogP contribution in [0.5, 0.6) is 11.5 Å². The molecule has 0 amide bonds. The number of aliphatic hydroxyl groups excluding tert-OH is 2. The van der Waals surface area contributed by atoms with Crippen LogP contribution in [0.4, 0.5) is 5.82 Å². The fraction of sp³-hybridized carbons (Fsp3) is 0.556. The van der Waals surface area contributed by atoms with Crippen LogP contribution in [-0.2, 0) is 17.6 Å². The smallest absolute Gasteiger partial charge is 0.309 e. The van der Waals surface area contributed by atoms with Gasteiger partial charge in [0, 0.05) is 47.0 Å². The fourth-order valence-electron chi connectivity index (χ4n) is 9.91. The number of unbranched alkanes of at least 4 members (excludes halogenated alkanes) is 4. The summed E-state index contributed by atoms with van der Waals surface area (Å²) in [5, 5.41) is 65.5. The number of nitrogens with zero attached hydrogens (tertiary/aromatic N) is 1. The van der Waals surface area contributed by atoms with Gasteiger partial charge >= 0.3 is 5.97 Å². The maximum Gasteiger partial charge on any atom is 0.309 e. The number of fused-ring (bicyclic) bond motifs is 1. The molecule has 1 aromatic carbocycles. The van der Waals surface area contributed by atoms with Gasteiger partial charge < -0.3 is 41.4 Å². The number of aliphatic carboxylic acids is 1. The lowest BCUT2D eigenvalue weighted by molar-refractivity contribution is -0.148. The van der Waals surface area contributed by atoms with Gasteiger partial charge in [0.2, 0.25) is 0 Å². The van der Waals surface area contributed by atoms with Crippen molar-refractivity contribution in [2.75, 3.05) is 5.73 Å². The standard InChI is InChI=1S/C45H61N3O7/c1-2-3-5-8-28-11-12-30(41(51)20-28)9-6-4-7-10-38(44(53)54)43(52)31-13-15-39-32(19-29-17-18-47-42(46)21-29)22-34(45(39,55)27-31)25-35-14-16-40(48-35)33-23-36(49)26-37(50)24-33/h11-18,21,23-24,26,28,30-32,34,38-39,41,43,48-52,55H,2-10,19-20,22,25,27H2,1H3,(H2,46,47)(H,53,54)/t28-,30-,31-,32+,34+,38+,39+,41-,43-,45+/m1/s1. The number of hydrogen-bond acceptors (Lipinski definition) is 8. The zero-order valence-electron chi connectivity index (χ0n) is 32.1. The van der Waals surface area contributed by atoms with Crippen LogP contribution in [0.15, 0.2) is 73.0 Å². The van der Waals surface area contributed by atoms with Gasteiger partial charge in [-0.15, -0.1) is 0 Å². The molecule has 0 radical (unpaired) electrons. The molecule has 55 heavy (non-hydrogen) atoms. The van der Waals surface area contributed by atoms with E-state index < -0.39 is 29.5 Å². The average molecular weight is 756 g/mol. The number of aromatic nitrogens is 2. The van der Waals surface area contributed by atoms with Gasteiger partial charge in [0.05, 0.1) is 23.7 Å². The second-order valence-electron chi connectivity index (χ2n) is 16.8. The molecular formula is C45H61N3O7. The molecule has 0 spiro atoms. The molecule has 10 heteroatoms. The number of allylic oxidation sites excluding steroid dienone is 1. The predicted molar refractivity (Wildman–Crippen MR) is 214 cm³/mol. The minimum absolute atomic E-state index is 0.0419. The van der Waals surface area contributed by atoms with Crippen LogP contribution in [0, 0.1) is 41.4 Å². The summed E-state index contributed by atoms with van der Waals surface area (Å²) in [6, 6.07) is 12.1. The number of phenols is 2. The third-order valence-electron chi connectivity index (χ3n) is 12.8. The lowest BCUT2D eigenvalue weighted by Crippen LogP contribution is -2.48. The first-order valence-corrected chi connectivity index (χ1v) is 20.5. The Morgan fingerprint density at radius 2 is 1.73 bits per heavy atom. The molecule has 0 bridgehead atoms. The Balaban J connectivity index is 1.10. The molecule has 10 atom stereocenters. The van der Waals surface area contributed by atoms with E-state index in [1.807, 2.05) is 36.4 Å². The number of nitrogens with two attached hydrogens (primary N) is 1. The van der Waals surface area contributed by atoms with E-state index in [0.717, 1.165) is 49.1 Å². The minimum atomic E-state index is -1.19. The number of carbonyl (C=O) groups is 1. The number of rotatable bonds is 18. The van der Waals surface area contributed by atoms with Crippen molar-refractivity contribution in [3.05, 3.63) is 84.2 Å². The van der Waals surface area contributed by atoms with Crippen molar-refractivity contribution in [1.29, 1.82) is 0 Å². The third kappa shape index (κ3) is 10.0. The van der Waals surface area contributed by atoms with E-state index in [0.29, 0.717) is 49.4 Å². The molecule has 0 unspecified atom stereocenters. The van der Waals surface area contributed by atoms with Gasteiger partial charge in [-0.05, 0) is 111 Å². The van der Waals surface area contributed by atoms with Gasteiger partial charge in [-0.2, -0.15) is 0 Å². The predicted octanol–water partition coefficient (Wildman–Crippen LogP) is 7.56. The highest BCUT2D eigenvalue weighted by Gasteiger charge is 2.55. The first kappa shape index (κ1) is 40.5. The topological polar surface area (TPSA) is 193 Å². The van der Waals surface area contributed by atoms with E-state index in [2.05, 4.69) is 29.0 Å². The summed E-state index contributed by atoms with van der Waals surface area (Å²) in [5.41, 5.74) is 8.11. The molecule has 3 aromatic rings. The quantitative estimate of drug-likeness (QED) is 0.0478. The molecule has 0 saturated heterocycles.